The van der Waals surface area contributed by atoms with Gasteiger partial charge in [-0.3, -0.25) is 0 Å². The second-order valence-corrected chi connectivity index (χ2v) is 6.54. The number of benzene rings is 2. The monoisotopic (exact) mass is 395 g/mol. The van der Waals surface area contributed by atoms with Crippen molar-refractivity contribution in [1.29, 1.82) is 0 Å². The van der Waals surface area contributed by atoms with Crippen LogP contribution in [0.4, 0.5) is 10.4 Å². The lowest BCUT2D eigenvalue weighted by Gasteiger charge is -2.08. The van der Waals surface area contributed by atoms with Crippen molar-refractivity contribution < 1.29 is 18.3 Å². The van der Waals surface area contributed by atoms with Crippen LogP contribution in [0.3, 0.4) is 0 Å². The van der Waals surface area contributed by atoms with Crippen LogP contribution in [0, 0.1) is 5.82 Å². The number of nitrogens with one attached hydrogen (secondary N) is 1. The minimum atomic E-state index is -0.794. The quantitative estimate of drug-likeness (QED) is 0.475. The number of halogens is 1. The molecule has 7 nitrogen and oxygen atoms in total. The van der Waals surface area contributed by atoms with E-state index >= 15 is 0 Å². The molecule has 0 saturated carbocycles. The van der Waals surface area contributed by atoms with Gasteiger partial charge in [-0.1, -0.05) is 36.3 Å². The number of rotatable bonds is 6. The second-order valence-electron chi connectivity index (χ2n) is 6.54. The van der Waals surface area contributed by atoms with E-state index in [0.717, 1.165) is 16.5 Å². The molecule has 1 atom stereocenters. The number of nitrogens with zero attached hydrogens (tertiary/aromatic N) is 2. The number of aliphatic hydroxyl groups excluding tert-OH is 1. The maximum atomic E-state index is 13.2. The van der Waals surface area contributed by atoms with Crippen LogP contribution in [-0.4, -0.2) is 15.3 Å². The van der Waals surface area contributed by atoms with Crippen LogP contribution in [0.5, 0.6) is 0 Å². The minimum Gasteiger partial charge on any atom is -0.423 e. The maximum Gasteiger partial charge on any atom is 0.336 e. The van der Waals surface area contributed by atoms with Crippen molar-refractivity contribution >= 4 is 17.0 Å². The lowest BCUT2D eigenvalue weighted by atomic mass is 10.0. The Labute approximate surface area is 164 Å². The van der Waals surface area contributed by atoms with Crippen molar-refractivity contribution in [2.24, 2.45) is 0 Å². The smallest absolute Gasteiger partial charge is 0.336 e. The van der Waals surface area contributed by atoms with E-state index in [2.05, 4.69) is 15.5 Å². The first-order chi connectivity index (χ1) is 14.0. The topological polar surface area (TPSA) is 101 Å². The van der Waals surface area contributed by atoms with Crippen molar-refractivity contribution in [3.05, 3.63) is 76.2 Å². The lowest BCUT2D eigenvalue weighted by Crippen LogP contribution is -2.02. The van der Waals surface area contributed by atoms with Crippen LogP contribution >= 0.6 is 0 Å². The van der Waals surface area contributed by atoms with Gasteiger partial charge in [0.2, 0.25) is 5.89 Å². The van der Waals surface area contributed by atoms with Crippen LogP contribution in [0.25, 0.3) is 22.1 Å². The van der Waals surface area contributed by atoms with Gasteiger partial charge in [0.25, 0.3) is 0 Å². The van der Waals surface area contributed by atoms with Gasteiger partial charge < -0.3 is 19.3 Å². The molecule has 1 unspecified atom stereocenters. The van der Waals surface area contributed by atoms with E-state index < -0.39 is 11.7 Å². The molecule has 0 spiro atoms. The van der Waals surface area contributed by atoms with E-state index in [9.17, 15) is 14.3 Å². The summed E-state index contributed by atoms with van der Waals surface area (Å²) in [6, 6.07) is 13.0. The molecule has 0 fully saturated rings. The zero-order valence-corrected chi connectivity index (χ0v) is 15.6. The zero-order valence-electron chi connectivity index (χ0n) is 15.6. The first-order valence-electron chi connectivity index (χ1n) is 9.11. The molecule has 0 saturated heterocycles. The molecule has 8 heteroatoms. The molecule has 4 rings (SSSR count). The Morgan fingerprint density at radius 1 is 1.10 bits per heavy atom. The minimum absolute atomic E-state index is 0.156. The zero-order chi connectivity index (χ0) is 20.4. The summed E-state index contributed by atoms with van der Waals surface area (Å²) in [4.78, 5) is 12.0. The molecule has 0 aliphatic carbocycles. The maximum absolute atomic E-state index is 13.2. The number of hydrogen-bond donors (Lipinski definition) is 2. The predicted octanol–water partition coefficient (Wildman–Crippen LogP) is 4.04. The molecule has 0 amide bonds. The molecule has 4 aromatic rings. The lowest BCUT2D eigenvalue weighted by molar-refractivity contribution is 0.140. The standard InChI is InChI=1S/C21H18FN3O4/c1-2-17(26)20-24-25-21(29-20)23-11-12-3-8-15-16(10-19(27)28-18(15)9-12)13-4-6-14(22)7-5-13/h3-10,17,26H,2,11H2,1H3,(H,23,25). The third-order valence-electron chi connectivity index (χ3n) is 4.52. The Bertz CT molecular complexity index is 1200. The summed E-state index contributed by atoms with van der Waals surface area (Å²) in [5.74, 6) is -0.187. The molecular formula is C21H18FN3O4. The van der Waals surface area contributed by atoms with Crippen LogP contribution < -0.4 is 10.9 Å². The Balaban J connectivity index is 1.60. The first kappa shape index (κ1) is 18.8. The molecule has 0 radical (unpaired) electrons. The second kappa shape index (κ2) is 7.84. The Morgan fingerprint density at radius 3 is 2.66 bits per heavy atom. The van der Waals surface area contributed by atoms with Crippen LogP contribution in [-0.2, 0) is 6.54 Å². The summed E-state index contributed by atoms with van der Waals surface area (Å²) >= 11 is 0. The van der Waals surface area contributed by atoms with Crippen molar-refractivity contribution in [2.45, 2.75) is 26.0 Å². The Kier molecular flexibility index (Phi) is 5.09. The molecule has 2 N–H and O–H groups in total. The summed E-state index contributed by atoms with van der Waals surface area (Å²) in [5.41, 5.74) is 2.15. The number of fused-ring (bicyclic) bond motifs is 1. The van der Waals surface area contributed by atoms with Gasteiger partial charge in [-0.2, -0.15) is 0 Å². The van der Waals surface area contributed by atoms with Gasteiger partial charge in [-0.05, 0) is 41.3 Å². The molecule has 0 aliphatic heterocycles. The highest BCUT2D eigenvalue weighted by Gasteiger charge is 2.14. The van der Waals surface area contributed by atoms with Gasteiger partial charge in [0.1, 0.15) is 17.5 Å². The van der Waals surface area contributed by atoms with E-state index in [1.54, 1.807) is 18.2 Å². The predicted molar refractivity (Wildman–Crippen MR) is 105 cm³/mol. The van der Waals surface area contributed by atoms with Crippen LogP contribution in [0.1, 0.15) is 30.9 Å². The summed E-state index contributed by atoms with van der Waals surface area (Å²) in [6.45, 7) is 2.16. The SMILES string of the molecule is CCC(O)c1nnc(NCc2ccc3c(-c4ccc(F)cc4)cc(=O)oc3c2)o1. The summed E-state index contributed by atoms with van der Waals surface area (Å²) in [7, 11) is 0. The van der Waals surface area contributed by atoms with Gasteiger partial charge >= 0.3 is 11.6 Å². The third kappa shape index (κ3) is 4.02. The van der Waals surface area contributed by atoms with Gasteiger partial charge in [-0.15, -0.1) is 5.10 Å². The number of hydrogen-bond acceptors (Lipinski definition) is 7. The summed E-state index contributed by atoms with van der Waals surface area (Å²) < 4.78 is 23.9. The highest BCUT2D eigenvalue weighted by molar-refractivity contribution is 5.93. The largest absolute Gasteiger partial charge is 0.423 e. The average Bonchev–Trinajstić information content (AvgIpc) is 3.20. The van der Waals surface area contributed by atoms with Gasteiger partial charge in [0.15, 0.2) is 0 Å². The Morgan fingerprint density at radius 2 is 1.90 bits per heavy atom. The molecule has 2 aromatic carbocycles. The fraction of sp³-hybridized carbons (Fsp3) is 0.190. The van der Waals surface area contributed by atoms with Gasteiger partial charge in [-0.25, -0.2) is 9.18 Å². The van der Waals surface area contributed by atoms with E-state index in [1.807, 2.05) is 19.1 Å². The molecule has 148 valence electrons. The normalized spacial score (nSPS) is 12.2. The Hall–Kier alpha value is -3.52. The van der Waals surface area contributed by atoms with Crippen molar-refractivity contribution in [3.8, 4) is 11.1 Å². The molecule has 29 heavy (non-hydrogen) atoms. The highest BCUT2D eigenvalue weighted by atomic mass is 19.1. The summed E-state index contributed by atoms with van der Waals surface area (Å²) in [5, 5.41) is 21.1. The van der Waals surface area contributed by atoms with Crippen molar-refractivity contribution in [2.75, 3.05) is 5.32 Å². The van der Waals surface area contributed by atoms with E-state index in [0.29, 0.717) is 24.1 Å². The van der Waals surface area contributed by atoms with Gasteiger partial charge in [0.05, 0.1) is 0 Å². The number of aliphatic hydroxyl groups is 1. The fourth-order valence-electron chi connectivity index (χ4n) is 2.98. The number of aromatic nitrogens is 2. The first-order valence-corrected chi connectivity index (χ1v) is 9.11. The van der Waals surface area contributed by atoms with E-state index in [4.69, 9.17) is 8.83 Å². The van der Waals surface area contributed by atoms with Crippen LogP contribution in [0.15, 0.2) is 62.2 Å². The summed E-state index contributed by atoms with van der Waals surface area (Å²) in [6.07, 6.45) is -0.320. The van der Waals surface area contributed by atoms with Crippen molar-refractivity contribution in [3.63, 3.8) is 0 Å². The van der Waals surface area contributed by atoms with E-state index in [1.165, 1.54) is 18.2 Å². The molecular weight excluding hydrogens is 377 g/mol. The van der Waals surface area contributed by atoms with Crippen molar-refractivity contribution in [1.82, 2.24) is 10.2 Å². The highest BCUT2D eigenvalue weighted by Crippen LogP contribution is 2.28. The molecule has 0 aliphatic rings. The average molecular weight is 395 g/mol. The third-order valence-corrected chi connectivity index (χ3v) is 4.52. The fourth-order valence-corrected chi connectivity index (χ4v) is 2.98. The van der Waals surface area contributed by atoms with Gasteiger partial charge in [0, 0.05) is 18.0 Å². The number of anilines is 1. The van der Waals surface area contributed by atoms with Crippen LogP contribution in [0.2, 0.25) is 0 Å². The van der Waals surface area contributed by atoms with E-state index in [-0.39, 0.29) is 17.7 Å². The molecule has 2 aromatic heterocycles. The molecule has 2 heterocycles. The molecule has 0 bridgehead atoms.